The lowest BCUT2D eigenvalue weighted by Crippen LogP contribution is -2.71. The van der Waals surface area contributed by atoms with Gasteiger partial charge in [-0.25, -0.2) is 0 Å². The van der Waals surface area contributed by atoms with Gasteiger partial charge in [0.2, 0.25) is 11.8 Å². The third-order valence-electron chi connectivity index (χ3n) is 16.1. The second-order valence-corrected chi connectivity index (χ2v) is 19.1. The molecule has 4 fully saturated rings. The zero-order valence-electron chi connectivity index (χ0n) is 32.7. The number of hydrogen-bond acceptors (Lipinski definition) is 7. The standard InChI is InChI=1S/C43H59N3O6/c1-26(47)45-43(50)21-19-40(6)34(37(43,2)3)14-15-42(8)35(40)33(48)23-30-31-24-39(5,17-16-38(31,4)18-20-41(30,42)7)36(49)44-25-29-22-32(46-52-29)27-10-12-28(51-9)13-11-27/h10-13,22-23,31,34-35,50H,14-21,24-25H2,1-9H3,(H,44,49)(H,45,47)/t31-,34?,35-,38-,39+,40+,41-,42-,43+/m1/s1. The van der Waals surface area contributed by atoms with E-state index in [4.69, 9.17) is 9.26 Å². The van der Waals surface area contributed by atoms with E-state index in [1.165, 1.54) is 12.5 Å². The highest BCUT2D eigenvalue weighted by Crippen LogP contribution is 2.75. The number of carbonyl (C=O) groups excluding carboxylic acids is 3. The minimum atomic E-state index is -1.31. The Hall–Kier alpha value is -3.46. The highest BCUT2D eigenvalue weighted by atomic mass is 16.5. The van der Waals surface area contributed by atoms with Crippen LogP contribution < -0.4 is 15.4 Å². The monoisotopic (exact) mass is 713 g/mol. The SMILES string of the molecule is COc1ccc(-c2cc(CNC(=O)[C@@]3(C)CC[C@]4(C)CC[C@]5(C)C(=CC(=O)[C@@H]6[C@@]7(C)CC[C@@](O)(NC(C)=O)C(C)(C)C7CC[C@]65C)[C@H]4C3)on2)cc1. The fourth-order valence-electron chi connectivity index (χ4n) is 12.5. The van der Waals surface area contributed by atoms with Crippen LogP contribution in [0.5, 0.6) is 5.75 Å². The van der Waals surface area contributed by atoms with Crippen LogP contribution in [0.2, 0.25) is 0 Å². The van der Waals surface area contributed by atoms with Gasteiger partial charge >= 0.3 is 0 Å². The summed E-state index contributed by atoms with van der Waals surface area (Å²) in [6, 6.07) is 9.49. The Bertz CT molecular complexity index is 1810. The lowest BCUT2D eigenvalue weighted by atomic mass is 9.33. The van der Waals surface area contributed by atoms with Gasteiger partial charge < -0.3 is 25.0 Å². The largest absolute Gasteiger partial charge is 0.497 e. The average Bonchev–Trinajstić information content (AvgIpc) is 3.56. The maximum atomic E-state index is 14.8. The molecule has 9 atom stereocenters. The summed E-state index contributed by atoms with van der Waals surface area (Å²) >= 11 is 0. The highest BCUT2D eigenvalue weighted by Gasteiger charge is 2.72. The molecule has 1 heterocycles. The van der Waals surface area contributed by atoms with Crippen molar-refractivity contribution in [1.82, 2.24) is 15.8 Å². The first-order chi connectivity index (χ1) is 24.3. The zero-order valence-corrected chi connectivity index (χ0v) is 32.7. The van der Waals surface area contributed by atoms with E-state index >= 15 is 0 Å². The number of fused-ring (bicyclic) bond motifs is 7. The lowest BCUT2D eigenvalue weighted by Gasteiger charge is -2.71. The highest BCUT2D eigenvalue weighted by molar-refractivity contribution is 5.96. The number of aromatic nitrogens is 1. The summed E-state index contributed by atoms with van der Waals surface area (Å²) in [5, 5.41) is 22.1. The van der Waals surface area contributed by atoms with Crippen molar-refractivity contribution in [3.05, 3.63) is 47.7 Å². The van der Waals surface area contributed by atoms with Crippen LogP contribution in [0, 0.1) is 50.2 Å². The van der Waals surface area contributed by atoms with Crippen molar-refractivity contribution in [1.29, 1.82) is 0 Å². The van der Waals surface area contributed by atoms with Gasteiger partial charge in [0.05, 0.1) is 13.7 Å². The summed E-state index contributed by atoms with van der Waals surface area (Å²) in [4.78, 5) is 41.1. The van der Waals surface area contributed by atoms with Crippen molar-refractivity contribution in [2.75, 3.05) is 7.11 Å². The number of hydrogen-bond donors (Lipinski definition) is 3. The second-order valence-electron chi connectivity index (χ2n) is 19.1. The predicted molar refractivity (Wildman–Crippen MR) is 199 cm³/mol. The van der Waals surface area contributed by atoms with Crippen molar-refractivity contribution >= 4 is 17.6 Å². The van der Waals surface area contributed by atoms with Crippen LogP contribution in [0.25, 0.3) is 11.3 Å². The smallest absolute Gasteiger partial charge is 0.226 e. The van der Waals surface area contributed by atoms with E-state index in [1.807, 2.05) is 36.4 Å². The van der Waals surface area contributed by atoms with Crippen LogP contribution >= 0.6 is 0 Å². The minimum Gasteiger partial charge on any atom is -0.497 e. The van der Waals surface area contributed by atoms with Crippen molar-refractivity contribution in [3.63, 3.8) is 0 Å². The summed E-state index contributed by atoms with van der Waals surface area (Å²) in [6.45, 7) is 17.4. The third kappa shape index (κ3) is 5.25. The molecule has 2 amide bonds. The molecule has 0 aliphatic heterocycles. The topological polar surface area (TPSA) is 131 Å². The molecule has 52 heavy (non-hydrogen) atoms. The number of rotatable bonds is 6. The first-order valence-electron chi connectivity index (χ1n) is 19.4. The minimum absolute atomic E-state index is 0.0140. The number of amides is 2. The van der Waals surface area contributed by atoms with Crippen molar-refractivity contribution in [2.45, 2.75) is 125 Å². The molecule has 0 saturated heterocycles. The summed E-state index contributed by atoms with van der Waals surface area (Å²) in [5.74, 6) is 1.37. The Morgan fingerprint density at radius 3 is 2.33 bits per heavy atom. The van der Waals surface area contributed by atoms with E-state index in [0.717, 1.165) is 49.8 Å². The fourth-order valence-corrected chi connectivity index (χ4v) is 12.5. The molecular weight excluding hydrogens is 654 g/mol. The van der Waals surface area contributed by atoms with Crippen molar-refractivity contribution < 1.29 is 28.8 Å². The number of nitrogens with zero attached hydrogens (tertiary/aromatic N) is 1. The molecule has 0 spiro atoms. The molecule has 0 bridgehead atoms. The van der Waals surface area contributed by atoms with E-state index in [0.29, 0.717) is 30.7 Å². The molecule has 1 unspecified atom stereocenters. The van der Waals surface area contributed by atoms with Crippen LogP contribution in [0.1, 0.15) is 119 Å². The summed E-state index contributed by atoms with van der Waals surface area (Å²) < 4.78 is 10.9. The van der Waals surface area contributed by atoms with Crippen molar-refractivity contribution in [2.24, 2.45) is 50.2 Å². The Labute approximate surface area is 309 Å². The normalized spacial score (nSPS) is 40.6. The molecule has 282 valence electrons. The van der Waals surface area contributed by atoms with Gasteiger partial charge in [0.15, 0.2) is 11.5 Å². The first-order valence-corrected chi connectivity index (χ1v) is 19.4. The molecule has 5 aliphatic rings. The Kier molecular flexibility index (Phi) is 8.53. The van der Waals surface area contributed by atoms with E-state index in [2.05, 4.69) is 64.3 Å². The molecule has 7 rings (SSSR count). The lowest BCUT2D eigenvalue weighted by molar-refractivity contribution is -0.238. The Balaban J connectivity index is 1.13. The van der Waals surface area contributed by atoms with Gasteiger partial charge in [-0.1, -0.05) is 59.2 Å². The summed E-state index contributed by atoms with van der Waals surface area (Å²) in [6.07, 6.45) is 9.42. The molecule has 5 aliphatic carbocycles. The Morgan fingerprint density at radius 2 is 1.65 bits per heavy atom. The van der Waals surface area contributed by atoms with Gasteiger partial charge in [-0.05, 0) is 122 Å². The van der Waals surface area contributed by atoms with Gasteiger partial charge in [-0.15, -0.1) is 0 Å². The van der Waals surface area contributed by atoms with Gasteiger partial charge in [0.25, 0.3) is 0 Å². The maximum Gasteiger partial charge on any atom is 0.226 e. The van der Waals surface area contributed by atoms with Crippen LogP contribution in [0.3, 0.4) is 0 Å². The van der Waals surface area contributed by atoms with Gasteiger partial charge in [0.1, 0.15) is 17.2 Å². The fraction of sp³-hybridized carbons (Fsp3) is 0.674. The predicted octanol–water partition coefficient (Wildman–Crippen LogP) is 7.77. The summed E-state index contributed by atoms with van der Waals surface area (Å²) in [5.41, 5.74) is -0.380. The van der Waals surface area contributed by atoms with E-state index < -0.39 is 16.6 Å². The number of nitrogens with one attached hydrogen (secondary N) is 2. The molecule has 2 aromatic rings. The van der Waals surface area contributed by atoms with Gasteiger partial charge in [0, 0.05) is 35.3 Å². The maximum absolute atomic E-state index is 14.8. The average molecular weight is 714 g/mol. The van der Waals surface area contributed by atoms with E-state index in [9.17, 15) is 19.5 Å². The molecule has 9 heteroatoms. The molecule has 4 saturated carbocycles. The number of ketones is 1. The van der Waals surface area contributed by atoms with Crippen LogP contribution in [-0.4, -0.2) is 40.7 Å². The number of carbonyl (C=O) groups is 3. The van der Waals surface area contributed by atoms with Crippen molar-refractivity contribution in [3.8, 4) is 17.0 Å². The summed E-state index contributed by atoms with van der Waals surface area (Å²) in [7, 11) is 1.63. The number of ether oxygens (including phenoxy) is 1. The van der Waals surface area contributed by atoms with Crippen LogP contribution in [0.15, 0.2) is 46.5 Å². The Morgan fingerprint density at radius 1 is 0.962 bits per heavy atom. The number of methoxy groups -OCH3 is 1. The molecule has 1 aromatic heterocycles. The molecule has 3 N–H and O–H groups in total. The molecule has 9 nitrogen and oxygen atoms in total. The van der Waals surface area contributed by atoms with Gasteiger partial charge in [-0.2, -0.15) is 0 Å². The van der Waals surface area contributed by atoms with Crippen LogP contribution in [-0.2, 0) is 20.9 Å². The molecule has 1 aromatic carbocycles. The third-order valence-corrected chi connectivity index (χ3v) is 16.1. The van der Waals surface area contributed by atoms with Gasteiger partial charge in [-0.3, -0.25) is 14.4 Å². The number of allylic oxidation sites excluding steroid dienone is 2. The van der Waals surface area contributed by atoms with E-state index in [1.54, 1.807) is 7.11 Å². The van der Waals surface area contributed by atoms with E-state index in [-0.39, 0.29) is 63.6 Å². The number of benzene rings is 1. The first kappa shape index (κ1) is 36.9. The second kappa shape index (κ2) is 12.0. The van der Waals surface area contributed by atoms with Crippen LogP contribution in [0.4, 0.5) is 0 Å². The molecular formula is C43H59N3O6. The zero-order chi connectivity index (χ0) is 37.7. The molecule has 0 radical (unpaired) electrons. The quantitative estimate of drug-likeness (QED) is 0.261. The number of aliphatic hydroxyl groups is 1.